The van der Waals surface area contributed by atoms with Gasteiger partial charge >= 0.3 is 0 Å². The normalized spacial score (nSPS) is 10.5. The van der Waals surface area contributed by atoms with E-state index in [-0.39, 0.29) is 23.7 Å². The highest BCUT2D eigenvalue weighted by molar-refractivity contribution is 5.92. The fourth-order valence-corrected chi connectivity index (χ4v) is 3.15. The van der Waals surface area contributed by atoms with Crippen LogP contribution in [0.15, 0.2) is 60.8 Å². The van der Waals surface area contributed by atoms with Crippen molar-refractivity contribution in [2.75, 3.05) is 11.9 Å². The Labute approximate surface area is 181 Å². The summed E-state index contributed by atoms with van der Waals surface area (Å²) in [6.45, 7) is 1.58. The molecule has 0 aliphatic carbocycles. The molecule has 10 nitrogen and oxygen atoms in total. The number of carbonyl (C=O) groups excluding carboxylic acids is 1. The first-order valence-electron chi connectivity index (χ1n) is 9.48. The van der Waals surface area contributed by atoms with Gasteiger partial charge in [0, 0.05) is 17.5 Å². The van der Waals surface area contributed by atoms with Gasteiger partial charge in [-0.15, -0.1) is 0 Å². The summed E-state index contributed by atoms with van der Waals surface area (Å²) in [6.07, 6.45) is 1.35. The van der Waals surface area contributed by atoms with Gasteiger partial charge in [0.05, 0.1) is 16.6 Å². The highest BCUT2D eigenvalue weighted by Gasteiger charge is 2.17. The lowest BCUT2D eigenvalue weighted by atomic mass is 10.1. The Morgan fingerprint density at radius 2 is 2.00 bits per heavy atom. The average Bonchev–Trinajstić information content (AvgIpc) is 3.20. The molecule has 2 aromatic heterocycles. The lowest BCUT2D eigenvalue weighted by molar-refractivity contribution is -0.384. The second-order valence-electron chi connectivity index (χ2n) is 6.83. The van der Waals surface area contributed by atoms with Crippen molar-refractivity contribution in [3.63, 3.8) is 0 Å². The molecule has 158 valence electrons. The zero-order valence-corrected chi connectivity index (χ0v) is 16.8. The second kappa shape index (κ2) is 8.53. The maximum absolute atomic E-state index is 12.5. The Kier molecular flexibility index (Phi) is 5.46. The molecule has 0 radical (unpaired) electrons. The van der Waals surface area contributed by atoms with Gasteiger partial charge < -0.3 is 10.1 Å². The number of non-ortho nitro benzene ring substituents is 1. The molecule has 4 aromatic rings. The molecule has 0 saturated heterocycles. The predicted octanol–water partition coefficient (Wildman–Crippen LogP) is 3.53. The molecule has 0 fully saturated rings. The van der Waals surface area contributed by atoms with Crippen molar-refractivity contribution in [3.8, 4) is 17.6 Å². The second-order valence-corrected chi connectivity index (χ2v) is 6.83. The Bertz CT molecular complexity index is 1370. The van der Waals surface area contributed by atoms with Crippen LogP contribution in [0.3, 0.4) is 0 Å². The van der Waals surface area contributed by atoms with Crippen molar-refractivity contribution in [2.45, 2.75) is 6.92 Å². The highest BCUT2D eigenvalue weighted by Crippen LogP contribution is 2.24. The topological polar surface area (TPSA) is 136 Å². The Morgan fingerprint density at radius 1 is 1.25 bits per heavy atom. The van der Waals surface area contributed by atoms with E-state index in [2.05, 4.69) is 15.4 Å². The molecular weight excluding hydrogens is 412 g/mol. The van der Waals surface area contributed by atoms with Crippen LogP contribution in [0.5, 0.6) is 5.75 Å². The van der Waals surface area contributed by atoms with Crippen molar-refractivity contribution in [2.24, 2.45) is 0 Å². The molecule has 0 atom stereocenters. The number of benzene rings is 2. The van der Waals surface area contributed by atoms with Gasteiger partial charge in [0.2, 0.25) is 0 Å². The third kappa shape index (κ3) is 4.08. The maximum atomic E-state index is 12.5. The number of nitrogens with one attached hydrogen (secondary N) is 1. The Morgan fingerprint density at radius 3 is 2.72 bits per heavy atom. The van der Waals surface area contributed by atoms with Crippen molar-refractivity contribution in [3.05, 3.63) is 82.0 Å². The molecule has 2 aromatic carbocycles. The van der Waals surface area contributed by atoms with Crippen LogP contribution in [-0.4, -0.2) is 32.2 Å². The van der Waals surface area contributed by atoms with Gasteiger partial charge in [0.15, 0.2) is 18.2 Å². The van der Waals surface area contributed by atoms with E-state index in [0.717, 1.165) is 16.5 Å². The largest absolute Gasteiger partial charge is 0.484 e. The van der Waals surface area contributed by atoms with E-state index in [0.29, 0.717) is 11.6 Å². The number of hydrogen-bond acceptors (Lipinski definition) is 7. The van der Waals surface area contributed by atoms with Gasteiger partial charge in [-0.1, -0.05) is 18.2 Å². The number of nitro benzene ring substituents is 1. The zero-order chi connectivity index (χ0) is 22.7. The van der Waals surface area contributed by atoms with E-state index < -0.39 is 10.8 Å². The molecule has 1 N–H and O–H groups in total. The number of rotatable bonds is 6. The molecule has 0 aliphatic rings. The minimum atomic E-state index is -0.529. The minimum absolute atomic E-state index is 0.0810. The summed E-state index contributed by atoms with van der Waals surface area (Å²) in [5.41, 5.74) is 1.82. The molecule has 32 heavy (non-hydrogen) atoms. The third-order valence-electron chi connectivity index (χ3n) is 4.69. The summed E-state index contributed by atoms with van der Waals surface area (Å²) < 4.78 is 6.77. The zero-order valence-electron chi connectivity index (χ0n) is 16.8. The van der Waals surface area contributed by atoms with Crippen LogP contribution in [0.25, 0.3) is 16.7 Å². The molecule has 0 spiro atoms. The van der Waals surface area contributed by atoms with Crippen molar-refractivity contribution in [1.29, 1.82) is 5.26 Å². The van der Waals surface area contributed by atoms with E-state index in [1.165, 1.54) is 35.1 Å². The lowest BCUT2D eigenvalue weighted by Crippen LogP contribution is -2.22. The molecule has 0 unspecified atom stereocenters. The monoisotopic (exact) mass is 428 g/mol. The number of para-hydroxylation sites is 1. The fourth-order valence-electron chi connectivity index (χ4n) is 3.15. The maximum Gasteiger partial charge on any atom is 0.269 e. The van der Waals surface area contributed by atoms with E-state index in [4.69, 9.17) is 4.74 Å². The first kappa shape index (κ1) is 20.5. The summed E-state index contributed by atoms with van der Waals surface area (Å²) in [7, 11) is 0. The Hall–Kier alpha value is -4.78. The number of aromatic nitrogens is 3. The van der Waals surface area contributed by atoms with Crippen LogP contribution >= 0.6 is 0 Å². The highest BCUT2D eigenvalue weighted by atomic mass is 16.6. The van der Waals surface area contributed by atoms with Crippen molar-refractivity contribution in [1.82, 2.24) is 14.8 Å². The molecule has 2 heterocycles. The standard InChI is InChI=1S/C22H16N6O4/c1-14-10-20(25-19-5-3-2-4-18(14)19)27-22(15(11-23)12-24-27)26-21(29)13-32-17-8-6-16(7-9-17)28(30)31/h2-10,12H,13H2,1H3,(H,26,29). The molecule has 0 bridgehead atoms. The number of pyridine rings is 1. The van der Waals surface area contributed by atoms with E-state index in [9.17, 15) is 20.2 Å². The Balaban J connectivity index is 1.55. The first-order chi connectivity index (χ1) is 15.5. The van der Waals surface area contributed by atoms with Gasteiger partial charge in [-0.25, -0.2) is 4.98 Å². The van der Waals surface area contributed by atoms with Crippen LogP contribution in [0.2, 0.25) is 0 Å². The lowest BCUT2D eigenvalue weighted by Gasteiger charge is -2.11. The van der Waals surface area contributed by atoms with Gasteiger partial charge in [-0.3, -0.25) is 14.9 Å². The average molecular weight is 428 g/mol. The van der Waals surface area contributed by atoms with Gasteiger partial charge in [-0.05, 0) is 36.8 Å². The summed E-state index contributed by atoms with van der Waals surface area (Å²) in [6, 6.07) is 16.8. The van der Waals surface area contributed by atoms with Gasteiger partial charge in [0.25, 0.3) is 11.6 Å². The number of fused-ring (bicyclic) bond motifs is 1. The number of nitriles is 1. The first-order valence-corrected chi connectivity index (χ1v) is 9.48. The van der Waals surface area contributed by atoms with Crippen LogP contribution < -0.4 is 10.1 Å². The molecule has 0 aliphatic heterocycles. The van der Waals surface area contributed by atoms with Crippen molar-refractivity contribution < 1.29 is 14.5 Å². The van der Waals surface area contributed by atoms with E-state index in [1.54, 1.807) is 0 Å². The smallest absolute Gasteiger partial charge is 0.269 e. The van der Waals surface area contributed by atoms with Crippen LogP contribution in [0.4, 0.5) is 11.5 Å². The molecule has 10 heteroatoms. The molecule has 1 amide bonds. The summed E-state index contributed by atoms with van der Waals surface area (Å²) in [4.78, 5) is 27.3. The number of amides is 1. The molecule has 0 saturated carbocycles. The number of nitro groups is 1. The van der Waals surface area contributed by atoms with Crippen molar-refractivity contribution >= 4 is 28.3 Å². The van der Waals surface area contributed by atoms with Gasteiger partial charge in [0.1, 0.15) is 17.4 Å². The number of anilines is 1. The number of nitrogens with zero attached hydrogens (tertiary/aromatic N) is 5. The number of aryl methyl sites for hydroxylation is 1. The predicted molar refractivity (Wildman–Crippen MR) is 116 cm³/mol. The number of ether oxygens (including phenoxy) is 1. The summed E-state index contributed by atoms with van der Waals surface area (Å²) in [5.74, 6) is 0.395. The quantitative estimate of drug-likeness (QED) is 0.366. The van der Waals surface area contributed by atoms with E-state index >= 15 is 0 Å². The van der Waals surface area contributed by atoms with Crippen LogP contribution in [0, 0.1) is 28.4 Å². The number of carbonyl (C=O) groups is 1. The number of hydrogen-bond donors (Lipinski definition) is 1. The SMILES string of the molecule is Cc1cc(-n2ncc(C#N)c2NC(=O)COc2ccc([N+](=O)[O-])cc2)nc2ccccc12. The van der Waals surface area contributed by atoms with Crippen LogP contribution in [0.1, 0.15) is 11.1 Å². The van der Waals surface area contributed by atoms with Crippen LogP contribution in [-0.2, 0) is 4.79 Å². The summed E-state index contributed by atoms with van der Waals surface area (Å²) >= 11 is 0. The molecular formula is C22H16N6O4. The van der Waals surface area contributed by atoms with Gasteiger partial charge in [-0.2, -0.15) is 15.0 Å². The van der Waals surface area contributed by atoms with E-state index in [1.807, 2.05) is 43.3 Å². The third-order valence-corrected chi connectivity index (χ3v) is 4.69. The minimum Gasteiger partial charge on any atom is -0.484 e. The summed E-state index contributed by atoms with van der Waals surface area (Å²) in [5, 5.41) is 28.0. The fraction of sp³-hybridized carbons (Fsp3) is 0.0909. The molecule has 4 rings (SSSR count).